The first-order chi connectivity index (χ1) is 17.1. The molecule has 0 aromatic carbocycles. The molecule has 0 saturated heterocycles. The van der Waals surface area contributed by atoms with Crippen LogP contribution in [-0.2, 0) is 0 Å². The lowest BCUT2D eigenvalue weighted by Crippen LogP contribution is -2.58. The summed E-state index contributed by atoms with van der Waals surface area (Å²) in [5, 5.41) is 0. The molecule has 0 amide bonds. The third-order valence-electron chi connectivity index (χ3n) is 19.2. The van der Waals surface area contributed by atoms with Crippen LogP contribution in [-0.4, -0.2) is 0 Å². The molecular weight excluding hydrogens is 420 g/mol. The Morgan fingerprint density at radius 3 is 1.94 bits per heavy atom. The van der Waals surface area contributed by atoms with Gasteiger partial charge in [0.1, 0.15) is 0 Å². The fourth-order valence-corrected chi connectivity index (χ4v) is 20.2. The predicted octanol–water partition coefficient (Wildman–Crippen LogP) is 7.31. The Morgan fingerprint density at radius 1 is 0.571 bits per heavy atom. The highest BCUT2D eigenvalue weighted by Crippen LogP contribution is 3.01. The molecule has 21 unspecified atom stereocenters. The van der Waals surface area contributed by atoms with Crippen molar-refractivity contribution in [2.75, 3.05) is 0 Å². The van der Waals surface area contributed by atoms with Crippen LogP contribution in [0.4, 0.5) is 0 Å². The van der Waals surface area contributed by atoms with Crippen molar-refractivity contribution in [1.29, 1.82) is 0 Å². The summed E-state index contributed by atoms with van der Waals surface area (Å²) >= 11 is 0. The summed E-state index contributed by atoms with van der Waals surface area (Å²) in [6, 6.07) is 0. The lowest BCUT2D eigenvalue weighted by atomic mass is 9.42. The van der Waals surface area contributed by atoms with Crippen molar-refractivity contribution in [3.8, 4) is 0 Å². The molecule has 13 rings (SSSR count). The second-order valence-electron chi connectivity index (χ2n) is 18.4. The number of hydrogen-bond acceptors (Lipinski definition) is 0. The molecule has 0 heterocycles. The molecule has 184 valence electrons. The van der Waals surface area contributed by atoms with E-state index in [-0.39, 0.29) is 0 Å². The zero-order chi connectivity index (χ0) is 22.1. The van der Waals surface area contributed by atoms with Gasteiger partial charge in [0.25, 0.3) is 0 Å². The maximum absolute atomic E-state index is 3.14. The van der Waals surface area contributed by atoms with E-state index in [2.05, 4.69) is 25.5 Å². The van der Waals surface area contributed by atoms with E-state index >= 15 is 0 Å². The SMILES string of the molecule is CC1(C)C23C=C4CCC5CC6CC7CC8CCC9CC(C2)C2C%10C9C8C8C7C6C6C5C4C(C6C8%10)C213. The van der Waals surface area contributed by atoms with Gasteiger partial charge in [-0.1, -0.05) is 25.5 Å². The maximum atomic E-state index is 3.14. The van der Waals surface area contributed by atoms with Crippen molar-refractivity contribution in [3.05, 3.63) is 11.6 Å². The summed E-state index contributed by atoms with van der Waals surface area (Å²) in [4.78, 5) is 0. The van der Waals surface area contributed by atoms with Crippen LogP contribution in [0.1, 0.15) is 71.6 Å². The second kappa shape index (κ2) is 4.70. The zero-order valence-corrected chi connectivity index (χ0v) is 21.9. The molecule has 0 nitrogen and oxygen atoms in total. The standard InChI is InChI=1S/C35H44/c1-33(2)34-11-16-6-5-14-8-18-10-17-7-13-3-4-15-9-19(12-34)31-29-21(15)20(13)26-23(17)24(18)27-22(14)25(16)32(35(31,33)34)30(27)28(26)29/h11,13-15,17-32H,3-10,12H2,1-2H3. The van der Waals surface area contributed by atoms with E-state index in [0.717, 1.165) is 40.9 Å². The van der Waals surface area contributed by atoms with Gasteiger partial charge in [-0.3, -0.25) is 0 Å². The number of hydrogen-bond donors (Lipinski definition) is 0. The van der Waals surface area contributed by atoms with E-state index in [0.29, 0.717) is 10.8 Å². The van der Waals surface area contributed by atoms with Crippen LogP contribution in [0.3, 0.4) is 0 Å². The fourth-order valence-electron chi connectivity index (χ4n) is 20.2. The Labute approximate surface area is 211 Å². The molecule has 35 heavy (non-hydrogen) atoms. The van der Waals surface area contributed by atoms with Gasteiger partial charge in [0, 0.05) is 5.41 Å². The first-order valence-electron chi connectivity index (χ1n) is 16.8. The fraction of sp³-hybridized carbons (Fsp3) is 0.943. The summed E-state index contributed by atoms with van der Waals surface area (Å²) in [6.45, 7) is 5.68. The third-order valence-corrected chi connectivity index (χ3v) is 19.2. The molecule has 12 fully saturated rings. The van der Waals surface area contributed by atoms with Crippen molar-refractivity contribution < 1.29 is 0 Å². The third kappa shape index (κ3) is 1.32. The Hall–Kier alpha value is -0.260. The normalized spacial score (nSPS) is 80.2. The molecule has 13 aliphatic rings. The van der Waals surface area contributed by atoms with Crippen molar-refractivity contribution >= 4 is 0 Å². The van der Waals surface area contributed by atoms with Gasteiger partial charge < -0.3 is 0 Å². The molecule has 0 aromatic rings. The first kappa shape index (κ1) is 18.1. The summed E-state index contributed by atoms with van der Waals surface area (Å²) < 4.78 is 0. The van der Waals surface area contributed by atoms with Crippen molar-refractivity contribution in [3.63, 3.8) is 0 Å². The highest BCUT2D eigenvalue weighted by Gasteiger charge is 2.97. The van der Waals surface area contributed by atoms with Gasteiger partial charge in [-0.2, -0.15) is 0 Å². The predicted molar refractivity (Wildman–Crippen MR) is 135 cm³/mol. The van der Waals surface area contributed by atoms with Gasteiger partial charge in [0.15, 0.2) is 0 Å². The zero-order valence-electron chi connectivity index (χ0n) is 21.9. The van der Waals surface area contributed by atoms with Crippen LogP contribution < -0.4 is 0 Å². The Morgan fingerprint density at radius 2 is 1.14 bits per heavy atom. The summed E-state index contributed by atoms with van der Waals surface area (Å²) in [7, 11) is 0. The average Bonchev–Trinajstić information content (AvgIpc) is 3.42. The van der Waals surface area contributed by atoms with Crippen LogP contribution in [0, 0.1) is 129 Å². The van der Waals surface area contributed by atoms with Crippen molar-refractivity contribution in [2.24, 2.45) is 129 Å². The first-order valence-corrected chi connectivity index (χ1v) is 16.8. The topological polar surface area (TPSA) is 0 Å². The van der Waals surface area contributed by atoms with Gasteiger partial charge in [0.05, 0.1) is 0 Å². The van der Waals surface area contributed by atoms with E-state index in [4.69, 9.17) is 0 Å². The Balaban J connectivity index is 1.19. The minimum absolute atomic E-state index is 0.618. The minimum Gasteiger partial charge on any atom is -0.0776 e. The second-order valence-corrected chi connectivity index (χ2v) is 18.4. The summed E-state index contributed by atoms with van der Waals surface area (Å²) in [6.07, 6.45) is 18.0. The van der Waals surface area contributed by atoms with E-state index in [1.165, 1.54) is 83.4 Å². The van der Waals surface area contributed by atoms with Crippen LogP contribution >= 0.6 is 0 Å². The van der Waals surface area contributed by atoms with Gasteiger partial charge in [-0.15, -0.1) is 0 Å². The summed E-state index contributed by atoms with van der Waals surface area (Å²) in [5.74, 6) is 22.4. The number of allylic oxidation sites excluding steroid dienone is 2. The minimum atomic E-state index is 0.618. The maximum Gasteiger partial charge on any atom is 0.00119 e. The molecule has 0 aliphatic heterocycles. The van der Waals surface area contributed by atoms with Crippen LogP contribution in [0.25, 0.3) is 0 Å². The lowest BCUT2D eigenvalue weighted by molar-refractivity contribution is -0.150. The van der Waals surface area contributed by atoms with Gasteiger partial charge >= 0.3 is 0 Å². The van der Waals surface area contributed by atoms with Crippen molar-refractivity contribution in [1.82, 2.24) is 0 Å². The van der Waals surface area contributed by atoms with E-state index < -0.39 is 0 Å². The Kier molecular flexibility index (Phi) is 2.43. The average molecular weight is 465 g/mol. The molecule has 13 aliphatic carbocycles. The molecule has 0 aromatic heterocycles. The highest BCUT2D eigenvalue weighted by molar-refractivity contribution is 5.51. The molecule has 0 radical (unpaired) electrons. The molecule has 0 bridgehead atoms. The molecule has 0 N–H and O–H groups in total. The monoisotopic (exact) mass is 464 g/mol. The van der Waals surface area contributed by atoms with Gasteiger partial charge in [-0.25, -0.2) is 0 Å². The molecule has 0 heteroatoms. The molecule has 12 saturated carbocycles. The Bertz CT molecular complexity index is 1190. The van der Waals surface area contributed by atoms with Crippen LogP contribution in [0.15, 0.2) is 11.6 Å². The van der Waals surface area contributed by atoms with E-state index in [1.54, 1.807) is 51.4 Å². The van der Waals surface area contributed by atoms with Crippen LogP contribution in [0.2, 0.25) is 0 Å². The molecular formula is C35H44. The van der Waals surface area contributed by atoms with Crippen molar-refractivity contribution in [2.45, 2.75) is 71.6 Å². The van der Waals surface area contributed by atoms with E-state index in [9.17, 15) is 0 Å². The highest BCUT2D eigenvalue weighted by atomic mass is 15.0. The number of rotatable bonds is 0. The quantitative estimate of drug-likeness (QED) is 0.330. The van der Waals surface area contributed by atoms with Gasteiger partial charge in [-0.05, 0) is 181 Å². The van der Waals surface area contributed by atoms with Gasteiger partial charge in [0.2, 0.25) is 0 Å². The smallest absolute Gasteiger partial charge is 0.00119 e. The summed E-state index contributed by atoms with van der Waals surface area (Å²) in [5.41, 5.74) is 4.11. The van der Waals surface area contributed by atoms with Crippen LogP contribution in [0.5, 0.6) is 0 Å². The van der Waals surface area contributed by atoms with E-state index in [1.807, 2.05) is 0 Å². The molecule has 21 atom stereocenters. The molecule has 1 spiro atoms. The largest absolute Gasteiger partial charge is 0.0776 e. The lowest BCUT2D eigenvalue weighted by Gasteiger charge is -2.62.